The number of rotatable bonds is 3. The van der Waals surface area contributed by atoms with Gasteiger partial charge in [-0.15, -0.1) is 0 Å². The zero-order valence-corrected chi connectivity index (χ0v) is 13.6. The molecule has 0 aliphatic carbocycles. The van der Waals surface area contributed by atoms with Crippen LogP contribution in [0.2, 0.25) is 5.02 Å². The Hall–Kier alpha value is -2.92. The summed E-state index contributed by atoms with van der Waals surface area (Å²) in [5.74, 6) is -0.299. The average Bonchev–Trinajstić information content (AvgIpc) is 2.56. The van der Waals surface area contributed by atoms with Crippen molar-refractivity contribution in [1.29, 1.82) is 0 Å². The van der Waals surface area contributed by atoms with Crippen molar-refractivity contribution in [2.24, 2.45) is 0 Å². The van der Waals surface area contributed by atoms with Crippen LogP contribution in [0, 0.1) is 0 Å². The number of anilines is 1. The number of carbonyl (C=O) groups is 1. The summed E-state index contributed by atoms with van der Waals surface area (Å²) in [6, 6.07) is 12.3. The number of nitrogens with one attached hydrogen (secondary N) is 2. The highest BCUT2D eigenvalue weighted by Gasteiger charge is 2.06. The number of fused-ring (bicyclic) bond motifs is 1. The summed E-state index contributed by atoms with van der Waals surface area (Å²) in [6.45, 7) is 1.82. The van der Waals surface area contributed by atoms with E-state index in [1.807, 2.05) is 25.1 Å². The van der Waals surface area contributed by atoms with Crippen LogP contribution in [0.15, 0.2) is 59.7 Å². The zero-order chi connectivity index (χ0) is 17.1. The smallest absolute Gasteiger partial charge is 0.258 e. The van der Waals surface area contributed by atoms with Gasteiger partial charge in [-0.25, -0.2) is 4.98 Å². The van der Waals surface area contributed by atoms with Gasteiger partial charge in [-0.3, -0.25) is 9.59 Å². The summed E-state index contributed by atoms with van der Waals surface area (Å²) in [5, 5.41) is 3.75. The van der Waals surface area contributed by atoms with E-state index in [1.165, 1.54) is 12.4 Å². The van der Waals surface area contributed by atoms with Crippen molar-refractivity contribution >= 4 is 39.7 Å². The predicted octanol–water partition coefficient (Wildman–Crippen LogP) is 3.62. The third-order valence-electron chi connectivity index (χ3n) is 3.55. The van der Waals surface area contributed by atoms with Crippen molar-refractivity contribution in [2.45, 2.75) is 6.92 Å². The number of carbonyl (C=O) groups excluding carboxylic acids is 1. The number of nitrogens with zero attached hydrogens (tertiary/aromatic N) is 1. The number of benzene rings is 2. The van der Waals surface area contributed by atoms with Crippen molar-refractivity contribution in [3.05, 3.63) is 75.8 Å². The Balaban J connectivity index is 1.85. The van der Waals surface area contributed by atoms with Crippen LogP contribution in [-0.4, -0.2) is 15.9 Å². The third-order valence-corrected chi connectivity index (χ3v) is 3.88. The molecule has 0 spiro atoms. The molecule has 24 heavy (non-hydrogen) atoms. The SMILES string of the molecule is C/C(=C/C(=O)Nc1ccc2nc[nH]c(=O)c2c1)c1ccccc1Cl. The highest BCUT2D eigenvalue weighted by atomic mass is 35.5. The van der Waals surface area contributed by atoms with Crippen molar-refractivity contribution in [3.8, 4) is 0 Å². The molecular weight excluding hydrogens is 326 g/mol. The van der Waals surface area contributed by atoms with E-state index in [2.05, 4.69) is 15.3 Å². The third kappa shape index (κ3) is 3.36. The summed E-state index contributed by atoms with van der Waals surface area (Å²) >= 11 is 6.13. The van der Waals surface area contributed by atoms with Gasteiger partial charge >= 0.3 is 0 Å². The Morgan fingerprint density at radius 1 is 1.25 bits per heavy atom. The molecule has 5 nitrogen and oxygen atoms in total. The van der Waals surface area contributed by atoms with Gasteiger partial charge in [0.1, 0.15) is 0 Å². The second kappa shape index (κ2) is 6.68. The van der Waals surface area contributed by atoms with Crippen molar-refractivity contribution in [2.75, 3.05) is 5.32 Å². The van der Waals surface area contributed by atoms with Gasteiger partial charge < -0.3 is 10.3 Å². The van der Waals surface area contributed by atoms with Gasteiger partial charge in [-0.2, -0.15) is 0 Å². The van der Waals surface area contributed by atoms with E-state index in [0.29, 0.717) is 21.6 Å². The molecule has 0 aliphatic heterocycles. The molecule has 2 aromatic carbocycles. The fraction of sp³-hybridized carbons (Fsp3) is 0.0556. The van der Waals surface area contributed by atoms with Gasteiger partial charge in [0.25, 0.3) is 5.56 Å². The molecule has 2 N–H and O–H groups in total. The lowest BCUT2D eigenvalue weighted by Gasteiger charge is -2.06. The average molecular weight is 340 g/mol. The predicted molar refractivity (Wildman–Crippen MR) is 96.1 cm³/mol. The zero-order valence-electron chi connectivity index (χ0n) is 12.8. The van der Waals surface area contributed by atoms with Crippen molar-refractivity contribution < 1.29 is 4.79 Å². The van der Waals surface area contributed by atoms with E-state index in [9.17, 15) is 9.59 Å². The van der Waals surface area contributed by atoms with Crippen molar-refractivity contribution in [3.63, 3.8) is 0 Å². The van der Waals surface area contributed by atoms with E-state index in [4.69, 9.17) is 11.6 Å². The first-order valence-electron chi connectivity index (χ1n) is 7.26. The van der Waals surface area contributed by atoms with Crippen LogP contribution in [0.3, 0.4) is 0 Å². The standard InChI is InChI=1S/C18H14ClN3O2/c1-11(13-4-2-3-5-15(13)19)8-17(23)22-12-6-7-16-14(9-12)18(24)21-10-20-16/h2-10H,1H3,(H,22,23)(H,20,21,24)/b11-8-. The fourth-order valence-electron chi connectivity index (χ4n) is 2.38. The topological polar surface area (TPSA) is 74.8 Å². The molecule has 1 aromatic heterocycles. The van der Waals surface area contributed by atoms with Gasteiger partial charge in [-0.05, 0) is 42.3 Å². The molecule has 3 rings (SSSR count). The maximum absolute atomic E-state index is 12.2. The van der Waals surface area contributed by atoms with E-state index in [1.54, 1.807) is 24.3 Å². The van der Waals surface area contributed by atoms with Crippen LogP contribution < -0.4 is 10.9 Å². The summed E-state index contributed by atoms with van der Waals surface area (Å²) in [5.41, 5.74) is 2.39. The van der Waals surface area contributed by atoms with Crippen LogP contribution in [0.4, 0.5) is 5.69 Å². The molecule has 6 heteroatoms. The van der Waals surface area contributed by atoms with E-state index in [0.717, 1.165) is 11.1 Å². The van der Waals surface area contributed by atoms with Gasteiger partial charge in [0.05, 0.1) is 17.2 Å². The molecule has 120 valence electrons. The van der Waals surface area contributed by atoms with Crippen LogP contribution in [0.1, 0.15) is 12.5 Å². The van der Waals surface area contributed by atoms with E-state index < -0.39 is 0 Å². The van der Waals surface area contributed by atoms with Gasteiger partial charge in [0, 0.05) is 16.8 Å². The molecule has 1 amide bonds. The first-order chi connectivity index (χ1) is 11.5. The molecule has 1 heterocycles. The second-order valence-electron chi connectivity index (χ2n) is 5.26. The van der Waals surface area contributed by atoms with Crippen LogP contribution in [0.5, 0.6) is 0 Å². The van der Waals surface area contributed by atoms with Crippen LogP contribution in [-0.2, 0) is 4.79 Å². The summed E-state index contributed by atoms with van der Waals surface area (Å²) in [4.78, 5) is 30.6. The Bertz CT molecular complexity index is 1010. The number of amides is 1. The molecular formula is C18H14ClN3O2. The Labute approximate surface area is 143 Å². The lowest BCUT2D eigenvalue weighted by molar-refractivity contribution is -0.111. The van der Waals surface area contributed by atoms with Crippen molar-refractivity contribution in [1.82, 2.24) is 9.97 Å². The van der Waals surface area contributed by atoms with E-state index in [-0.39, 0.29) is 11.5 Å². The largest absolute Gasteiger partial charge is 0.322 e. The molecule has 0 saturated heterocycles. The normalized spacial score (nSPS) is 11.5. The quantitative estimate of drug-likeness (QED) is 0.716. The molecule has 0 aliphatic rings. The highest BCUT2D eigenvalue weighted by molar-refractivity contribution is 6.32. The molecule has 0 atom stereocenters. The number of aromatic nitrogens is 2. The maximum atomic E-state index is 12.2. The molecule has 0 radical (unpaired) electrons. The minimum Gasteiger partial charge on any atom is -0.322 e. The number of H-pyrrole nitrogens is 1. The molecule has 3 aromatic rings. The minimum absolute atomic E-state index is 0.251. The maximum Gasteiger partial charge on any atom is 0.258 e. The van der Waals surface area contributed by atoms with Crippen LogP contribution >= 0.6 is 11.6 Å². The lowest BCUT2D eigenvalue weighted by atomic mass is 10.1. The molecule has 0 bridgehead atoms. The first-order valence-corrected chi connectivity index (χ1v) is 7.64. The lowest BCUT2D eigenvalue weighted by Crippen LogP contribution is -2.10. The first kappa shape index (κ1) is 16.0. The fourth-order valence-corrected chi connectivity index (χ4v) is 2.66. The Kier molecular flexibility index (Phi) is 4.44. The highest BCUT2D eigenvalue weighted by Crippen LogP contribution is 2.23. The number of aromatic amines is 1. The van der Waals surface area contributed by atoms with Gasteiger partial charge in [-0.1, -0.05) is 29.8 Å². The summed E-state index contributed by atoms with van der Waals surface area (Å²) in [7, 11) is 0. The Morgan fingerprint density at radius 2 is 2.04 bits per heavy atom. The number of halogens is 1. The number of allylic oxidation sites excluding steroid dienone is 1. The second-order valence-corrected chi connectivity index (χ2v) is 5.67. The molecule has 0 unspecified atom stereocenters. The van der Waals surface area contributed by atoms with E-state index >= 15 is 0 Å². The Morgan fingerprint density at radius 3 is 2.83 bits per heavy atom. The van der Waals surface area contributed by atoms with Crippen LogP contribution in [0.25, 0.3) is 16.5 Å². The van der Waals surface area contributed by atoms with Gasteiger partial charge in [0.2, 0.25) is 5.91 Å². The summed E-state index contributed by atoms with van der Waals surface area (Å²) in [6.07, 6.45) is 2.82. The minimum atomic E-state index is -0.299. The van der Waals surface area contributed by atoms with Gasteiger partial charge in [0.15, 0.2) is 0 Å². The number of hydrogen-bond donors (Lipinski definition) is 2. The monoisotopic (exact) mass is 339 g/mol. The molecule has 0 fully saturated rings. The molecule has 0 saturated carbocycles. The number of hydrogen-bond acceptors (Lipinski definition) is 3. The summed E-state index contributed by atoms with van der Waals surface area (Å²) < 4.78 is 0.